The average molecular weight is 627 g/mol. The topological polar surface area (TPSA) is 140 Å². The van der Waals surface area contributed by atoms with Crippen LogP contribution in [0.5, 0.6) is 5.75 Å². The van der Waals surface area contributed by atoms with Gasteiger partial charge in [0.2, 0.25) is 0 Å². The van der Waals surface area contributed by atoms with Crippen molar-refractivity contribution in [2.24, 2.45) is 5.10 Å². The number of nitrogens with one attached hydrogen (secondary N) is 2. The Balaban J connectivity index is 1.40. The lowest BCUT2D eigenvalue weighted by atomic mass is 10.1. The maximum Gasteiger partial charge on any atom is 0.336 e. The largest absolute Gasteiger partial charge is 0.423 e. The van der Waals surface area contributed by atoms with Gasteiger partial charge < -0.3 is 10.1 Å². The fraction of sp³-hybridized carbons (Fsp3) is 0.0323. The molecule has 0 spiro atoms. The maximum atomic E-state index is 12.7. The molecule has 0 saturated heterocycles. The second kappa shape index (κ2) is 13.8. The number of aryl methyl sites for hydroxylation is 1. The van der Waals surface area contributed by atoms with E-state index in [0.717, 1.165) is 11.6 Å². The Morgan fingerprint density at radius 3 is 2.43 bits per heavy atom. The number of non-ortho nitro benzene ring substituents is 1. The number of hydrogen-bond acceptors (Lipinski definition) is 7. The smallest absolute Gasteiger partial charge is 0.336 e. The fourth-order valence-electron chi connectivity index (χ4n) is 3.63. The van der Waals surface area contributed by atoms with Crippen molar-refractivity contribution in [3.8, 4) is 5.75 Å². The van der Waals surface area contributed by atoms with E-state index in [2.05, 4.69) is 31.8 Å². The van der Waals surface area contributed by atoms with Gasteiger partial charge in [-0.05, 0) is 67.1 Å². The number of hydrogen-bond donors (Lipinski definition) is 2. The van der Waals surface area contributed by atoms with Gasteiger partial charge in [0.05, 0.1) is 11.1 Å². The van der Waals surface area contributed by atoms with Crippen LogP contribution in [0.25, 0.3) is 6.08 Å². The van der Waals surface area contributed by atoms with Crippen molar-refractivity contribution in [1.82, 2.24) is 5.43 Å². The first-order valence-electron chi connectivity index (χ1n) is 12.4. The number of anilines is 1. The van der Waals surface area contributed by atoms with Gasteiger partial charge in [-0.2, -0.15) is 5.10 Å². The van der Waals surface area contributed by atoms with Gasteiger partial charge in [-0.25, -0.2) is 10.2 Å². The Hall–Kier alpha value is -5.42. The van der Waals surface area contributed by atoms with Gasteiger partial charge in [0, 0.05) is 45.1 Å². The predicted molar refractivity (Wildman–Crippen MR) is 163 cm³/mol. The summed E-state index contributed by atoms with van der Waals surface area (Å²) in [5, 5.41) is 17.7. The predicted octanol–water partition coefficient (Wildman–Crippen LogP) is 6.30. The highest BCUT2D eigenvalue weighted by molar-refractivity contribution is 9.10. The number of halogens is 1. The molecule has 4 aromatic carbocycles. The normalized spacial score (nSPS) is 10.9. The molecule has 10 nitrogen and oxygen atoms in total. The number of ether oxygens (including phenoxy) is 1. The number of amides is 2. The van der Waals surface area contributed by atoms with E-state index in [1.54, 1.807) is 54.6 Å². The Morgan fingerprint density at radius 2 is 1.67 bits per heavy atom. The zero-order valence-corrected chi connectivity index (χ0v) is 23.7. The molecule has 0 radical (unpaired) electrons. The molecule has 0 saturated carbocycles. The number of nitro groups is 1. The van der Waals surface area contributed by atoms with E-state index in [1.165, 1.54) is 36.6 Å². The molecular weight excluding hydrogens is 604 g/mol. The lowest BCUT2D eigenvalue weighted by Gasteiger charge is -2.08. The molecule has 11 heteroatoms. The number of benzene rings is 4. The summed E-state index contributed by atoms with van der Waals surface area (Å²) in [7, 11) is 0. The standard InChI is InChI=1S/C31H23BrN4O6/c1-20-8-11-22(12-9-20)30(38)34-26-6-3-5-23(18-26)31(39)35-33-19-24-17-25(32)13-14-28(24)42-29(37)15-10-21-4-2-7-27(16-21)36(40)41/h2-19H,1H3,(H,34,38)(H,35,39)/b15-10+,33-19?. The monoisotopic (exact) mass is 626 g/mol. The molecule has 42 heavy (non-hydrogen) atoms. The molecule has 4 rings (SSSR count). The number of hydrazone groups is 1. The van der Waals surface area contributed by atoms with E-state index in [0.29, 0.717) is 26.9 Å². The number of rotatable bonds is 9. The van der Waals surface area contributed by atoms with Crippen LogP contribution in [-0.2, 0) is 4.79 Å². The molecule has 0 unspecified atom stereocenters. The molecule has 0 atom stereocenters. The van der Waals surface area contributed by atoms with Crippen molar-refractivity contribution in [2.45, 2.75) is 6.92 Å². The molecule has 0 aliphatic heterocycles. The number of carbonyl (C=O) groups excluding carboxylic acids is 3. The van der Waals surface area contributed by atoms with Crippen molar-refractivity contribution in [1.29, 1.82) is 0 Å². The minimum absolute atomic E-state index is 0.0994. The van der Waals surface area contributed by atoms with Crippen LogP contribution in [0, 0.1) is 17.0 Å². The second-order valence-corrected chi connectivity index (χ2v) is 9.80. The van der Waals surface area contributed by atoms with E-state index in [1.807, 2.05) is 19.1 Å². The van der Waals surface area contributed by atoms with Crippen LogP contribution >= 0.6 is 15.9 Å². The molecule has 0 bridgehead atoms. The van der Waals surface area contributed by atoms with E-state index in [9.17, 15) is 24.5 Å². The molecule has 0 aromatic heterocycles. The summed E-state index contributed by atoms with van der Waals surface area (Å²) in [5.74, 6) is -1.37. The molecule has 0 aliphatic rings. The Bertz CT molecular complexity index is 1720. The third-order valence-corrected chi connectivity index (χ3v) is 6.23. The molecule has 0 heterocycles. The van der Waals surface area contributed by atoms with Crippen LogP contribution in [0.3, 0.4) is 0 Å². The van der Waals surface area contributed by atoms with Gasteiger partial charge in [-0.15, -0.1) is 0 Å². The Kier molecular flexibility index (Phi) is 9.69. The maximum absolute atomic E-state index is 12.7. The van der Waals surface area contributed by atoms with Gasteiger partial charge in [-0.3, -0.25) is 19.7 Å². The fourth-order valence-corrected chi connectivity index (χ4v) is 4.01. The summed E-state index contributed by atoms with van der Waals surface area (Å²) in [6.07, 6.45) is 3.87. The van der Waals surface area contributed by atoms with E-state index in [4.69, 9.17) is 4.74 Å². The summed E-state index contributed by atoms with van der Waals surface area (Å²) in [5.41, 5.74) is 5.40. The van der Waals surface area contributed by atoms with Crippen molar-refractivity contribution < 1.29 is 24.0 Å². The number of nitro benzene ring substituents is 1. The summed E-state index contributed by atoms with van der Waals surface area (Å²) in [6.45, 7) is 1.93. The molecule has 2 N–H and O–H groups in total. The van der Waals surface area contributed by atoms with Crippen LogP contribution in [0.2, 0.25) is 0 Å². The van der Waals surface area contributed by atoms with Gasteiger partial charge in [0.1, 0.15) is 5.75 Å². The van der Waals surface area contributed by atoms with Gasteiger partial charge in [-0.1, -0.05) is 51.8 Å². The van der Waals surface area contributed by atoms with Gasteiger partial charge in [0.15, 0.2) is 0 Å². The van der Waals surface area contributed by atoms with E-state index < -0.39 is 16.8 Å². The highest BCUT2D eigenvalue weighted by Gasteiger charge is 2.11. The van der Waals surface area contributed by atoms with Gasteiger partial charge in [0.25, 0.3) is 17.5 Å². The molecule has 2 amide bonds. The van der Waals surface area contributed by atoms with Crippen molar-refractivity contribution in [3.05, 3.63) is 139 Å². The van der Waals surface area contributed by atoms with Crippen molar-refractivity contribution in [2.75, 3.05) is 5.32 Å². The number of nitrogens with zero attached hydrogens (tertiary/aromatic N) is 2. The minimum Gasteiger partial charge on any atom is -0.423 e. The van der Waals surface area contributed by atoms with Crippen LogP contribution in [0.4, 0.5) is 11.4 Å². The zero-order valence-electron chi connectivity index (χ0n) is 22.1. The third-order valence-electron chi connectivity index (χ3n) is 5.74. The van der Waals surface area contributed by atoms with Crippen LogP contribution in [0.15, 0.2) is 107 Å². The Morgan fingerprint density at radius 1 is 0.905 bits per heavy atom. The first kappa shape index (κ1) is 29.6. The lowest BCUT2D eigenvalue weighted by molar-refractivity contribution is -0.384. The Labute approximate surface area is 249 Å². The number of esters is 1. The first-order chi connectivity index (χ1) is 20.2. The first-order valence-corrected chi connectivity index (χ1v) is 13.2. The average Bonchev–Trinajstić information content (AvgIpc) is 2.98. The molecule has 4 aromatic rings. The van der Waals surface area contributed by atoms with Crippen LogP contribution < -0.4 is 15.5 Å². The minimum atomic E-state index is -0.716. The highest BCUT2D eigenvalue weighted by atomic mass is 79.9. The van der Waals surface area contributed by atoms with Crippen molar-refractivity contribution in [3.63, 3.8) is 0 Å². The number of carbonyl (C=O) groups is 3. The third kappa shape index (κ3) is 8.29. The highest BCUT2D eigenvalue weighted by Crippen LogP contribution is 2.22. The second-order valence-electron chi connectivity index (χ2n) is 8.89. The summed E-state index contributed by atoms with van der Waals surface area (Å²) < 4.78 is 6.09. The summed E-state index contributed by atoms with van der Waals surface area (Å²) >= 11 is 3.35. The lowest BCUT2D eigenvalue weighted by Crippen LogP contribution is -2.18. The van der Waals surface area contributed by atoms with Gasteiger partial charge >= 0.3 is 5.97 Å². The quantitative estimate of drug-likeness (QED) is 0.0558. The molecule has 210 valence electrons. The SMILES string of the molecule is Cc1ccc(C(=O)Nc2cccc(C(=O)NN=Cc3cc(Br)ccc3OC(=O)/C=C/c3cccc([N+](=O)[O-])c3)c2)cc1. The molecule has 0 aliphatic carbocycles. The van der Waals surface area contributed by atoms with E-state index >= 15 is 0 Å². The zero-order chi connectivity index (χ0) is 30.1. The molecular formula is C31H23BrN4O6. The van der Waals surface area contributed by atoms with Crippen LogP contribution in [0.1, 0.15) is 37.4 Å². The van der Waals surface area contributed by atoms with Crippen molar-refractivity contribution >= 4 is 57.4 Å². The van der Waals surface area contributed by atoms with E-state index in [-0.39, 0.29) is 22.9 Å². The molecule has 0 fully saturated rings. The summed E-state index contributed by atoms with van der Waals surface area (Å²) in [4.78, 5) is 48.1. The summed E-state index contributed by atoms with van der Waals surface area (Å²) in [6, 6.07) is 24.2. The van der Waals surface area contributed by atoms with Crippen LogP contribution in [-0.4, -0.2) is 28.9 Å².